The van der Waals surface area contributed by atoms with Crippen molar-refractivity contribution in [3.63, 3.8) is 0 Å². The lowest BCUT2D eigenvalue weighted by atomic mass is 10.3. The van der Waals surface area contributed by atoms with Crippen LogP contribution in [0.2, 0.25) is 15.5 Å². The molecule has 0 radical (unpaired) electrons. The molecular formula is C15H9Cl3N6OS. The summed E-state index contributed by atoms with van der Waals surface area (Å²) in [6.45, 7) is 0. The summed E-state index contributed by atoms with van der Waals surface area (Å²) < 4.78 is 6.60. The highest BCUT2D eigenvalue weighted by atomic mass is 35.5. The van der Waals surface area contributed by atoms with Gasteiger partial charge in [0.05, 0.1) is 4.70 Å². The van der Waals surface area contributed by atoms with Crippen LogP contribution in [0.3, 0.4) is 0 Å². The van der Waals surface area contributed by atoms with Gasteiger partial charge >= 0.3 is 0 Å². The van der Waals surface area contributed by atoms with Gasteiger partial charge in [-0.15, -0.1) is 0 Å². The molecule has 4 aromatic rings. The Morgan fingerprint density at radius 2 is 1.54 bits per heavy atom. The molecule has 0 amide bonds. The van der Waals surface area contributed by atoms with Gasteiger partial charge < -0.3 is 10.5 Å². The molecule has 0 atom stereocenters. The van der Waals surface area contributed by atoms with Crippen molar-refractivity contribution in [2.24, 2.45) is 0 Å². The van der Waals surface area contributed by atoms with E-state index in [2.05, 4.69) is 24.9 Å². The predicted octanol–water partition coefficient (Wildman–Crippen LogP) is 4.90. The highest BCUT2D eigenvalue weighted by molar-refractivity contribution is 7.22. The Labute approximate surface area is 166 Å². The first-order chi connectivity index (χ1) is 12.5. The van der Waals surface area contributed by atoms with E-state index in [1.165, 1.54) is 36.1 Å². The highest BCUT2D eigenvalue weighted by Gasteiger charge is 2.09. The van der Waals surface area contributed by atoms with Crippen LogP contribution < -0.4 is 10.5 Å². The second-order valence-corrected chi connectivity index (χ2v) is 6.82. The van der Waals surface area contributed by atoms with E-state index in [1.807, 2.05) is 12.1 Å². The summed E-state index contributed by atoms with van der Waals surface area (Å²) in [7, 11) is 0. The number of halogens is 3. The topological polar surface area (TPSA) is 99.7 Å². The fourth-order valence-electron chi connectivity index (χ4n) is 1.82. The Kier molecular flexibility index (Phi) is 6.00. The number of para-hydroxylation sites is 1. The number of nitrogens with zero attached hydrogens (tertiary/aromatic N) is 5. The Balaban J connectivity index is 0.000000206. The smallest absolute Gasteiger partial charge is 0.223 e. The zero-order chi connectivity index (χ0) is 18.5. The number of benzene rings is 1. The Hall–Kier alpha value is -2.26. The fraction of sp³-hybridized carbons (Fsp3) is 0. The molecule has 3 aromatic heterocycles. The van der Waals surface area contributed by atoms with Crippen LogP contribution >= 0.6 is 46.1 Å². The van der Waals surface area contributed by atoms with E-state index in [0.29, 0.717) is 32.2 Å². The Morgan fingerprint density at radius 1 is 0.885 bits per heavy atom. The molecule has 0 fully saturated rings. The molecule has 7 nitrogen and oxygen atoms in total. The van der Waals surface area contributed by atoms with E-state index < -0.39 is 0 Å². The minimum Gasteiger partial charge on any atom is -0.437 e. The average molecular weight is 428 g/mol. The third-order valence-corrected chi connectivity index (χ3v) is 4.29. The number of nitrogens with two attached hydrogens (primary N) is 1. The zero-order valence-electron chi connectivity index (χ0n) is 12.8. The second kappa shape index (κ2) is 8.41. The number of anilines is 1. The summed E-state index contributed by atoms with van der Waals surface area (Å²) in [5, 5.41) is 1.56. The maximum Gasteiger partial charge on any atom is 0.223 e. The summed E-state index contributed by atoms with van der Waals surface area (Å²) in [6.07, 6.45) is 2.65. The first kappa shape index (κ1) is 18.5. The van der Waals surface area contributed by atoms with Crippen LogP contribution in [0.1, 0.15) is 0 Å². The van der Waals surface area contributed by atoms with E-state index >= 15 is 0 Å². The van der Waals surface area contributed by atoms with E-state index in [9.17, 15) is 0 Å². The van der Waals surface area contributed by atoms with E-state index in [1.54, 1.807) is 6.07 Å². The molecule has 132 valence electrons. The molecule has 0 aliphatic rings. The van der Waals surface area contributed by atoms with Crippen molar-refractivity contribution in [2.45, 2.75) is 0 Å². The summed E-state index contributed by atoms with van der Waals surface area (Å²) in [5.41, 5.74) is 6.40. The number of nitrogen functional groups attached to an aromatic ring is 1. The largest absolute Gasteiger partial charge is 0.437 e. The normalized spacial score (nSPS) is 10.3. The lowest BCUT2D eigenvalue weighted by Crippen LogP contribution is -1.90. The third-order valence-electron chi connectivity index (χ3n) is 2.82. The molecule has 26 heavy (non-hydrogen) atoms. The van der Waals surface area contributed by atoms with Gasteiger partial charge in [0.2, 0.25) is 5.88 Å². The maximum absolute atomic E-state index is 5.77. The van der Waals surface area contributed by atoms with Gasteiger partial charge in [-0.05, 0) is 12.1 Å². The molecule has 1 aromatic carbocycles. The molecule has 0 bridgehead atoms. The molecular weight excluding hydrogens is 419 g/mol. The first-order valence-corrected chi connectivity index (χ1v) is 8.90. The van der Waals surface area contributed by atoms with Gasteiger partial charge in [-0.3, -0.25) is 0 Å². The molecule has 3 heterocycles. The third kappa shape index (κ3) is 4.89. The molecule has 4 rings (SSSR count). The molecule has 2 N–H and O–H groups in total. The van der Waals surface area contributed by atoms with Crippen LogP contribution in [0.15, 0.2) is 43.0 Å². The maximum atomic E-state index is 5.77. The number of hydrogen-bond acceptors (Lipinski definition) is 8. The summed E-state index contributed by atoms with van der Waals surface area (Å²) >= 11 is 18.0. The van der Waals surface area contributed by atoms with Crippen LogP contribution in [-0.4, -0.2) is 24.9 Å². The van der Waals surface area contributed by atoms with Gasteiger partial charge in [-0.25, -0.2) is 24.9 Å². The SMILES string of the molecule is Clc1cc(Cl)ncn1.Nc1nc2c(Oc3cc(Cl)ncn3)cccc2s1. The monoisotopic (exact) mass is 426 g/mol. The van der Waals surface area contributed by atoms with Gasteiger partial charge in [-0.2, -0.15) is 0 Å². The highest BCUT2D eigenvalue weighted by Crippen LogP contribution is 2.33. The van der Waals surface area contributed by atoms with Crippen LogP contribution in [0.4, 0.5) is 5.13 Å². The van der Waals surface area contributed by atoms with E-state index in [-0.39, 0.29) is 0 Å². The van der Waals surface area contributed by atoms with Crippen molar-refractivity contribution in [1.29, 1.82) is 0 Å². The van der Waals surface area contributed by atoms with Gasteiger partial charge in [0.15, 0.2) is 10.9 Å². The van der Waals surface area contributed by atoms with Crippen molar-refractivity contribution in [3.05, 3.63) is 58.4 Å². The number of hydrogen-bond donors (Lipinski definition) is 1. The zero-order valence-corrected chi connectivity index (χ0v) is 15.9. The number of rotatable bonds is 2. The number of thiazole rings is 1. The lowest BCUT2D eigenvalue weighted by molar-refractivity contribution is 0.466. The van der Waals surface area contributed by atoms with Crippen molar-refractivity contribution in [2.75, 3.05) is 5.73 Å². The molecule has 11 heteroatoms. The summed E-state index contributed by atoms with van der Waals surface area (Å²) in [4.78, 5) is 19.2. The Bertz CT molecular complexity index is 1030. The molecule has 0 unspecified atom stereocenters. The number of fused-ring (bicyclic) bond motifs is 1. The standard InChI is InChI=1S/C11H7ClN4OS.C4H2Cl2N2/c12-8-4-9(15-5-14-8)17-6-2-1-3-7-10(6)16-11(13)18-7;5-3-1-4(6)8-2-7-3/h1-5H,(H2,13,16);1-2H. The van der Waals surface area contributed by atoms with Crippen molar-refractivity contribution in [3.8, 4) is 11.6 Å². The molecule has 0 spiro atoms. The molecule has 0 aliphatic carbocycles. The number of ether oxygens (including phenoxy) is 1. The number of aromatic nitrogens is 5. The lowest BCUT2D eigenvalue weighted by Gasteiger charge is -2.04. The van der Waals surface area contributed by atoms with Gasteiger partial charge in [0, 0.05) is 12.1 Å². The molecule has 0 saturated carbocycles. The van der Waals surface area contributed by atoms with Crippen molar-refractivity contribution in [1.82, 2.24) is 24.9 Å². The van der Waals surface area contributed by atoms with Crippen LogP contribution in [0, 0.1) is 0 Å². The second-order valence-electron chi connectivity index (χ2n) is 4.60. The molecule has 0 saturated heterocycles. The minimum absolute atomic E-state index is 0.324. The van der Waals surface area contributed by atoms with Gasteiger partial charge in [0.25, 0.3) is 0 Å². The van der Waals surface area contributed by atoms with Crippen LogP contribution in [0.25, 0.3) is 10.2 Å². The van der Waals surface area contributed by atoms with Crippen LogP contribution in [0.5, 0.6) is 11.6 Å². The van der Waals surface area contributed by atoms with Crippen LogP contribution in [-0.2, 0) is 0 Å². The van der Waals surface area contributed by atoms with E-state index in [4.69, 9.17) is 45.3 Å². The molecule has 0 aliphatic heterocycles. The fourth-order valence-corrected chi connectivity index (χ4v) is 3.06. The Morgan fingerprint density at radius 3 is 2.15 bits per heavy atom. The average Bonchev–Trinajstić information content (AvgIpc) is 2.97. The van der Waals surface area contributed by atoms with Crippen molar-refractivity contribution < 1.29 is 4.74 Å². The van der Waals surface area contributed by atoms with Crippen molar-refractivity contribution >= 4 is 61.5 Å². The predicted molar refractivity (Wildman–Crippen MR) is 103 cm³/mol. The first-order valence-electron chi connectivity index (χ1n) is 6.95. The van der Waals surface area contributed by atoms with Gasteiger partial charge in [0.1, 0.15) is 33.6 Å². The quantitative estimate of drug-likeness (QED) is 0.454. The minimum atomic E-state index is 0.324. The summed E-state index contributed by atoms with van der Waals surface area (Å²) in [6, 6.07) is 8.62. The van der Waals surface area contributed by atoms with E-state index in [0.717, 1.165) is 10.2 Å². The summed E-state index contributed by atoms with van der Waals surface area (Å²) in [5.74, 6) is 0.962. The van der Waals surface area contributed by atoms with Gasteiger partial charge in [-0.1, -0.05) is 52.2 Å².